The summed E-state index contributed by atoms with van der Waals surface area (Å²) in [6.45, 7) is 2.13. The van der Waals surface area contributed by atoms with Crippen LogP contribution in [0.5, 0.6) is 0 Å². The topological polar surface area (TPSA) is 74.0 Å². The molecule has 0 amide bonds. The van der Waals surface area contributed by atoms with Crippen LogP contribution in [0.4, 0.5) is 0 Å². The first kappa shape index (κ1) is 15.5. The van der Waals surface area contributed by atoms with E-state index < -0.39 is 10.0 Å². The fraction of sp³-hybridized carbons (Fsp3) is 0.500. The Morgan fingerprint density at radius 2 is 2.05 bits per heavy atom. The first-order chi connectivity index (χ1) is 10.6. The highest BCUT2D eigenvalue weighted by molar-refractivity contribution is 7.89. The summed E-state index contributed by atoms with van der Waals surface area (Å²) >= 11 is 0. The summed E-state index contributed by atoms with van der Waals surface area (Å²) in [4.78, 5) is 3.35. The van der Waals surface area contributed by atoms with Crippen molar-refractivity contribution in [2.45, 2.75) is 25.2 Å². The number of hydrogen-bond donors (Lipinski definition) is 3. The third-order valence-electron chi connectivity index (χ3n) is 4.53. The minimum Gasteiger partial charge on any atom is -0.361 e. The van der Waals surface area contributed by atoms with Crippen molar-refractivity contribution in [3.8, 4) is 0 Å². The molecule has 2 aromatic rings. The molecule has 0 spiro atoms. The molecule has 22 heavy (non-hydrogen) atoms. The van der Waals surface area contributed by atoms with Crippen LogP contribution in [0.1, 0.15) is 29.9 Å². The fourth-order valence-electron chi connectivity index (χ4n) is 3.17. The van der Waals surface area contributed by atoms with Crippen molar-refractivity contribution in [2.75, 3.05) is 25.9 Å². The molecule has 6 heteroatoms. The summed E-state index contributed by atoms with van der Waals surface area (Å²) in [5.74, 6) is 0.716. The molecular formula is C16H23N3O2S. The molecule has 0 atom stereocenters. The lowest BCUT2D eigenvalue weighted by atomic mass is 9.89. The van der Waals surface area contributed by atoms with Gasteiger partial charge in [0, 0.05) is 17.1 Å². The van der Waals surface area contributed by atoms with Gasteiger partial charge in [-0.15, -0.1) is 0 Å². The molecule has 0 aliphatic carbocycles. The van der Waals surface area contributed by atoms with Gasteiger partial charge < -0.3 is 10.3 Å². The molecule has 1 saturated heterocycles. The van der Waals surface area contributed by atoms with E-state index in [0.29, 0.717) is 12.3 Å². The van der Waals surface area contributed by atoms with Crippen LogP contribution in [-0.2, 0) is 16.4 Å². The van der Waals surface area contributed by atoms with E-state index in [1.165, 1.54) is 18.0 Å². The lowest BCUT2D eigenvalue weighted by molar-refractivity contribution is 0.462. The minimum absolute atomic E-state index is 0.127. The predicted molar refractivity (Wildman–Crippen MR) is 89.7 cm³/mol. The predicted octanol–water partition coefficient (Wildman–Crippen LogP) is 1.73. The number of fused-ring (bicyclic) bond motifs is 1. The fourth-order valence-corrected chi connectivity index (χ4v) is 3.88. The maximum atomic E-state index is 11.6. The Morgan fingerprint density at radius 3 is 2.77 bits per heavy atom. The van der Waals surface area contributed by atoms with E-state index in [1.807, 2.05) is 6.07 Å². The van der Waals surface area contributed by atoms with Crippen LogP contribution in [0.2, 0.25) is 0 Å². The summed E-state index contributed by atoms with van der Waals surface area (Å²) in [6.07, 6.45) is 4.97. The maximum absolute atomic E-state index is 11.6. The van der Waals surface area contributed by atoms with E-state index in [9.17, 15) is 8.42 Å². The van der Waals surface area contributed by atoms with Gasteiger partial charge in [0.1, 0.15) is 0 Å². The highest BCUT2D eigenvalue weighted by Gasteiger charge is 2.18. The molecule has 1 aliphatic heterocycles. The molecule has 0 radical (unpaired) electrons. The summed E-state index contributed by atoms with van der Waals surface area (Å²) in [6, 6.07) is 6.21. The zero-order chi connectivity index (χ0) is 15.6. The third-order valence-corrected chi connectivity index (χ3v) is 5.89. The van der Waals surface area contributed by atoms with Gasteiger partial charge in [-0.1, -0.05) is 6.07 Å². The molecule has 3 rings (SSSR count). The molecule has 5 nitrogen and oxygen atoms in total. The largest absolute Gasteiger partial charge is 0.361 e. The van der Waals surface area contributed by atoms with Crippen LogP contribution in [0.25, 0.3) is 10.9 Å². The first-order valence-electron chi connectivity index (χ1n) is 7.81. The standard InChI is InChI=1S/C16H23N3O2S/c1-17-22(20,21)9-6-12-2-3-16-14(10-12)15(11-19-16)13-4-7-18-8-5-13/h2-3,10-11,13,17-19H,4-9H2,1H3. The number of hydrogen-bond acceptors (Lipinski definition) is 3. The molecule has 120 valence electrons. The van der Waals surface area contributed by atoms with Crippen LogP contribution in [0.3, 0.4) is 0 Å². The zero-order valence-electron chi connectivity index (χ0n) is 12.9. The van der Waals surface area contributed by atoms with Crippen molar-refractivity contribution in [3.05, 3.63) is 35.5 Å². The number of sulfonamides is 1. The molecule has 0 bridgehead atoms. The van der Waals surface area contributed by atoms with Gasteiger partial charge in [-0.2, -0.15) is 0 Å². The molecule has 0 saturated carbocycles. The molecule has 1 fully saturated rings. The van der Waals surface area contributed by atoms with E-state index in [1.54, 1.807) is 0 Å². The number of piperidine rings is 1. The number of benzene rings is 1. The Labute approximate surface area is 131 Å². The molecule has 1 aliphatic rings. The van der Waals surface area contributed by atoms with E-state index in [2.05, 4.69) is 33.4 Å². The van der Waals surface area contributed by atoms with Crippen LogP contribution >= 0.6 is 0 Å². The van der Waals surface area contributed by atoms with E-state index in [0.717, 1.165) is 37.0 Å². The van der Waals surface area contributed by atoms with Crippen molar-refractivity contribution in [1.29, 1.82) is 0 Å². The van der Waals surface area contributed by atoms with Crippen LogP contribution in [0.15, 0.2) is 24.4 Å². The summed E-state index contributed by atoms with van der Waals surface area (Å²) in [5.41, 5.74) is 3.57. The third kappa shape index (κ3) is 3.34. The lowest BCUT2D eigenvalue weighted by Crippen LogP contribution is -2.26. The Morgan fingerprint density at radius 1 is 1.27 bits per heavy atom. The Kier molecular flexibility index (Phi) is 4.52. The number of rotatable bonds is 5. The van der Waals surface area contributed by atoms with E-state index >= 15 is 0 Å². The van der Waals surface area contributed by atoms with Gasteiger partial charge >= 0.3 is 0 Å². The average Bonchev–Trinajstić information content (AvgIpc) is 2.97. The smallest absolute Gasteiger partial charge is 0.211 e. The second-order valence-electron chi connectivity index (χ2n) is 5.92. The highest BCUT2D eigenvalue weighted by atomic mass is 32.2. The molecule has 1 aromatic carbocycles. The second kappa shape index (κ2) is 6.40. The van der Waals surface area contributed by atoms with E-state index in [-0.39, 0.29) is 5.75 Å². The van der Waals surface area contributed by atoms with Crippen LogP contribution in [0, 0.1) is 0 Å². The molecule has 2 heterocycles. The summed E-state index contributed by atoms with van der Waals surface area (Å²) in [5, 5.41) is 4.64. The number of nitrogens with one attached hydrogen (secondary N) is 3. The van der Waals surface area contributed by atoms with E-state index in [4.69, 9.17) is 0 Å². The van der Waals surface area contributed by atoms with Gasteiger partial charge in [0.25, 0.3) is 0 Å². The van der Waals surface area contributed by atoms with Crippen molar-refractivity contribution in [2.24, 2.45) is 0 Å². The van der Waals surface area contributed by atoms with Gasteiger partial charge in [0.05, 0.1) is 5.75 Å². The SMILES string of the molecule is CNS(=O)(=O)CCc1ccc2[nH]cc(C3CCNCC3)c2c1. The Balaban J connectivity index is 1.84. The average molecular weight is 321 g/mol. The Bertz CT molecular complexity index is 746. The van der Waals surface area contributed by atoms with Crippen LogP contribution in [-0.4, -0.2) is 39.3 Å². The highest BCUT2D eigenvalue weighted by Crippen LogP contribution is 2.32. The zero-order valence-corrected chi connectivity index (χ0v) is 13.7. The van der Waals surface area contributed by atoms with Gasteiger partial charge in [-0.05, 0) is 68.6 Å². The summed E-state index contributed by atoms with van der Waals surface area (Å²) < 4.78 is 25.5. The number of aromatic nitrogens is 1. The first-order valence-corrected chi connectivity index (χ1v) is 9.46. The van der Waals surface area contributed by atoms with Crippen molar-refractivity contribution in [1.82, 2.24) is 15.0 Å². The van der Waals surface area contributed by atoms with Crippen molar-refractivity contribution in [3.63, 3.8) is 0 Å². The van der Waals surface area contributed by atoms with Gasteiger partial charge in [0.2, 0.25) is 10.0 Å². The van der Waals surface area contributed by atoms with Gasteiger partial charge in [0.15, 0.2) is 0 Å². The molecule has 3 N–H and O–H groups in total. The minimum atomic E-state index is -3.15. The van der Waals surface area contributed by atoms with Crippen LogP contribution < -0.4 is 10.0 Å². The molecule has 1 aromatic heterocycles. The van der Waals surface area contributed by atoms with Gasteiger partial charge in [-0.3, -0.25) is 0 Å². The monoisotopic (exact) mass is 321 g/mol. The number of aryl methyl sites for hydroxylation is 1. The van der Waals surface area contributed by atoms with Crippen molar-refractivity contribution >= 4 is 20.9 Å². The molecular weight excluding hydrogens is 298 g/mol. The van der Waals surface area contributed by atoms with Gasteiger partial charge in [-0.25, -0.2) is 13.1 Å². The number of H-pyrrole nitrogens is 1. The quantitative estimate of drug-likeness (QED) is 0.785. The number of aromatic amines is 1. The normalized spacial score (nSPS) is 17.1. The lowest BCUT2D eigenvalue weighted by Gasteiger charge is -2.22. The second-order valence-corrected chi connectivity index (χ2v) is 7.97. The molecule has 0 unspecified atom stereocenters. The van der Waals surface area contributed by atoms with Crippen molar-refractivity contribution < 1.29 is 8.42 Å². The summed E-state index contributed by atoms with van der Waals surface area (Å²) in [7, 11) is -1.70. The maximum Gasteiger partial charge on any atom is 0.211 e. The Hall–Kier alpha value is -1.37.